The molecule has 0 atom stereocenters. The van der Waals surface area contributed by atoms with Gasteiger partial charge in [0.2, 0.25) is 0 Å². The van der Waals surface area contributed by atoms with Crippen molar-refractivity contribution in [2.24, 2.45) is 5.92 Å². The number of ether oxygens (including phenoxy) is 4. The molecule has 0 saturated carbocycles. The standard InChI is InChI=1S/2C17H20N2O.C16H18N2O.2C15H12.C14H11N.C10H9NO.C9H19NO.C9H9N.C8H8N2/c1-13-3-5-15(6-4-13)16-11-14(2)12-17(18-16)19-7-9-20-10-8-19;1-13-4-3-5-15(10-13)16-11-14(2)12-17(18-16)19-6-8-20-9-7-19;1-13-11-15(14-5-3-2-4-6-14)17-16(12-13)18-7-9-19-10-8-18;1-11-14-8-4-2-6-12(14)10-13-7-3-5-9-15(11)13;1-11-10-12-6-2-3-8-14(12)15-9-5-4-7-13(11)15;1-10-11-6-2-4-8-13(11)15-14-9-5-3-7-12(10)14;1-7-6-11-9-5-3-2-4-8(9)10(7)12;1-9-3-5-10(6-4-9)7-8-11-2;1-7-3-2-4-9-8(7)5-6-10-9;1-6-7-4-2-3-5-8(7)10-9-6/h3-6,11-12H,7-10H2,1-2H3;3-5,10-12H,6-9H2,1-2H3;2-6,11-12H,7-10H2,1H3;2*2-10H,1H3;2-9H,1H3;2-6H,1H3,(H,11,12);9H,3-8H2,1-2H3;2-6,10H,1H3;2-5H,1H3,(H,9,10). The summed E-state index contributed by atoms with van der Waals surface area (Å²) >= 11 is 0. The van der Waals surface area contributed by atoms with Crippen LogP contribution in [0.1, 0.15) is 81.1 Å². The van der Waals surface area contributed by atoms with E-state index in [0.29, 0.717) is 0 Å². The maximum atomic E-state index is 11.5. The molecular weight excluding hydrogens is 1810 g/mol. The van der Waals surface area contributed by atoms with Crippen molar-refractivity contribution in [2.75, 3.05) is 127 Å². The van der Waals surface area contributed by atoms with E-state index in [4.69, 9.17) is 33.9 Å². The third-order valence-corrected chi connectivity index (χ3v) is 27.4. The highest BCUT2D eigenvalue weighted by molar-refractivity contribution is 6.09. The maximum Gasteiger partial charge on any atom is 0.192 e. The molecule has 748 valence electrons. The van der Waals surface area contributed by atoms with E-state index in [1.54, 1.807) is 13.3 Å². The summed E-state index contributed by atoms with van der Waals surface area (Å²) in [4.78, 5) is 46.2. The SMILES string of the molecule is COCCN1CCC(C)CC1.Cc1[nH]nc2ccccc12.Cc1c2ccccc2cc2ccccc12.Cc1c2ccccc2nc2ccccc12.Cc1c[nH]c2ccccc2c1=O.Cc1cc(-c2ccccc2)nc(N2CCOCC2)c1.Cc1cc2ccccc2c2ccccc12.Cc1ccc(-c2cc(C)cc(N3CCOCC3)n2)cc1.Cc1cccc(-c2cc(C)cc(N3CCOCC3)n2)c1.Cc1cccc2[nH]ccc12. The fourth-order valence-corrected chi connectivity index (χ4v) is 19.0. The Morgan fingerprint density at radius 2 is 0.741 bits per heavy atom. The number of aryl methyl sites for hydroxylation is 11. The Hall–Kier alpha value is -15.3. The molecule has 0 amide bonds. The van der Waals surface area contributed by atoms with E-state index < -0.39 is 0 Å². The van der Waals surface area contributed by atoms with Gasteiger partial charge in [0.05, 0.1) is 79.9 Å². The molecule has 3 N–H and O–H groups in total. The van der Waals surface area contributed by atoms with Crippen LogP contribution in [0.3, 0.4) is 0 Å². The summed E-state index contributed by atoms with van der Waals surface area (Å²) in [5, 5.41) is 23.6. The molecule has 4 aliphatic rings. The van der Waals surface area contributed by atoms with Crippen LogP contribution in [0.2, 0.25) is 0 Å². The van der Waals surface area contributed by atoms with E-state index in [1.807, 2.05) is 92.8 Å². The molecule has 0 unspecified atom stereocenters. The molecule has 147 heavy (non-hydrogen) atoms. The van der Waals surface area contributed by atoms with Gasteiger partial charge in [0.1, 0.15) is 17.5 Å². The predicted molar refractivity (Wildman–Crippen MR) is 618 cm³/mol. The number of piperidine rings is 1. The molecule has 4 aliphatic heterocycles. The number of likely N-dealkylation sites (tertiary alicyclic amines) is 1. The zero-order valence-corrected chi connectivity index (χ0v) is 87.4. The Kier molecular flexibility index (Phi) is 36.9. The van der Waals surface area contributed by atoms with E-state index >= 15 is 0 Å². The number of anilines is 3. The predicted octanol–water partition coefficient (Wildman–Crippen LogP) is 29.1. The highest BCUT2D eigenvalue weighted by Gasteiger charge is 2.20. The van der Waals surface area contributed by atoms with Crippen LogP contribution in [0, 0.1) is 82.1 Å². The number of rotatable bonds is 9. The lowest BCUT2D eigenvalue weighted by molar-refractivity contribution is 0.122. The quantitative estimate of drug-likeness (QED) is 0.0918. The van der Waals surface area contributed by atoms with Crippen molar-refractivity contribution in [1.29, 1.82) is 0 Å². The summed E-state index contributed by atoms with van der Waals surface area (Å²) < 4.78 is 21.2. The van der Waals surface area contributed by atoms with Gasteiger partial charge < -0.3 is 48.5 Å². The van der Waals surface area contributed by atoms with Gasteiger partial charge in [-0.1, -0.05) is 273 Å². The van der Waals surface area contributed by atoms with Crippen molar-refractivity contribution in [3.05, 3.63) is 430 Å². The van der Waals surface area contributed by atoms with Crippen LogP contribution < -0.4 is 20.1 Å². The first kappa shape index (κ1) is 104. The minimum atomic E-state index is 0.115. The van der Waals surface area contributed by atoms with Gasteiger partial charge in [-0.15, -0.1) is 0 Å². The minimum Gasteiger partial charge on any atom is -0.383 e. The first-order valence-corrected chi connectivity index (χ1v) is 51.6. The van der Waals surface area contributed by atoms with Crippen LogP contribution >= 0.6 is 0 Å². The molecular formula is C130H138N12O5. The summed E-state index contributed by atoms with van der Waals surface area (Å²) in [6.45, 7) is 40.2. The van der Waals surface area contributed by atoms with Crippen LogP contribution in [0.4, 0.5) is 17.5 Å². The number of nitrogens with zero attached hydrogens (tertiary/aromatic N) is 9. The third-order valence-electron chi connectivity index (χ3n) is 27.4. The Labute approximate surface area is 865 Å². The number of fused-ring (bicyclic) bond motifs is 10. The monoisotopic (exact) mass is 1950 g/mol. The van der Waals surface area contributed by atoms with Gasteiger partial charge in [0.15, 0.2) is 5.43 Å². The molecule has 0 bridgehead atoms. The molecule has 14 aromatic carbocycles. The lowest BCUT2D eigenvalue weighted by Crippen LogP contribution is -2.36. The van der Waals surface area contributed by atoms with E-state index in [1.165, 1.54) is 163 Å². The number of pyridine rings is 5. The average Bonchev–Trinajstić information content (AvgIpc) is 1.17. The van der Waals surface area contributed by atoms with Crippen molar-refractivity contribution in [1.82, 2.24) is 45.0 Å². The Morgan fingerprint density at radius 1 is 0.320 bits per heavy atom. The zero-order chi connectivity index (χ0) is 102. The van der Waals surface area contributed by atoms with Gasteiger partial charge in [0.25, 0.3) is 0 Å². The highest BCUT2D eigenvalue weighted by Crippen LogP contribution is 2.34. The fourth-order valence-electron chi connectivity index (χ4n) is 19.0. The van der Waals surface area contributed by atoms with E-state index in [2.05, 4.69) is 387 Å². The van der Waals surface area contributed by atoms with Gasteiger partial charge >= 0.3 is 0 Å². The normalized spacial score (nSPS) is 13.5. The topological polar surface area (TPSA) is 179 Å². The number of aromatic nitrogens is 8. The van der Waals surface area contributed by atoms with Crippen molar-refractivity contribution in [3.63, 3.8) is 0 Å². The van der Waals surface area contributed by atoms with E-state index in [0.717, 1.165) is 171 Å². The van der Waals surface area contributed by atoms with E-state index in [9.17, 15) is 4.79 Å². The molecule has 0 spiro atoms. The van der Waals surface area contributed by atoms with Crippen LogP contribution in [0.25, 0.3) is 131 Å². The van der Waals surface area contributed by atoms with Crippen molar-refractivity contribution in [3.8, 4) is 33.8 Å². The summed E-state index contributed by atoms with van der Waals surface area (Å²) in [6.07, 6.45) is 6.44. The molecule has 21 aromatic rings. The molecule has 0 radical (unpaired) electrons. The second-order valence-corrected chi connectivity index (χ2v) is 38.5. The Morgan fingerprint density at radius 3 is 1.27 bits per heavy atom. The average molecular weight is 1950 g/mol. The van der Waals surface area contributed by atoms with Gasteiger partial charge in [0, 0.05) is 131 Å². The lowest BCUT2D eigenvalue weighted by atomic mass is 9.98. The summed E-state index contributed by atoms with van der Waals surface area (Å²) in [5.74, 6) is 4.12. The van der Waals surface area contributed by atoms with Gasteiger partial charge in [-0.3, -0.25) is 9.89 Å². The summed E-state index contributed by atoms with van der Waals surface area (Å²) in [6, 6.07) is 120. The number of H-pyrrole nitrogens is 3. The third kappa shape index (κ3) is 28.3. The number of hydrogen-bond donors (Lipinski definition) is 3. The van der Waals surface area contributed by atoms with Crippen molar-refractivity contribution < 1.29 is 18.9 Å². The first-order valence-electron chi connectivity index (χ1n) is 51.6. The summed E-state index contributed by atoms with van der Waals surface area (Å²) in [7, 11) is 1.77. The van der Waals surface area contributed by atoms with Crippen LogP contribution in [0.15, 0.2) is 363 Å². The zero-order valence-electron chi connectivity index (χ0n) is 87.4. The Bertz CT molecular complexity index is 7690. The lowest BCUT2D eigenvalue weighted by Gasteiger charge is -2.29. The van der Waals surface area contributed by atoms with E-state index in [-0.39, 0.29) is 5.43 Å². The van der Waals surface area contributed by atoms with Crippen molar-refractivity contribution in [2.45, 2.75) is 95.9 Å². The second-order valence-electron chi connectivity index (χ2n) is 38.5. The number of nitrogens with one attached hydrogen (secondary N) is 3. The number of morpholine rings is 3. The number of hydrogen-bond acceptors (Lipinski definition) is 14. The first-order chi connectivity index (χ1) is 71.7. The molecule has 11 heterocycles. The maximum absolute atomic E-state index is 11.5. The van der Waals surface area contributed by atoms with Gasteiger partial charge in [-0.2, -0.15) is 5.10 Å². The number of methoxy groups -OCH3 is 1. The second kappa shape index (κ2) is 51.9. The van der Waals surface area contributed by atoms with Gasteiger partial charge in [-0.25, -0.2) is 19.9 Å². The number of benzene rings is 14. The Balaban J connectivity index is 0.000000118. The summed E-state index contributed by atoms with van der Waals surface area (Å²) in [5.41, 5.74) is 25.6. The molecule has 25 rings (SSSR count). The van der Waals surface area contributed by atoms with Gasteiger partial charge in [-0.05, 0) is 281 Å². The largest absolute Gasteiger partial charge is 0.383 e. The molecule has 17 nitrogen and oxygen atoms in total. The molecule has 0 aliphatic carbocycles. The fraction of sp³-hybridized carbons (Fsp3) is 0.246. The molecule has 17 heteroatoms. The van der Waals surface area contributed by atoms with Crippen molar-refractivity contribution >= 4 is 115 Å². The van der Waals surface area contributed by atoms with Crippen LogP contribution in [-0.2, 0) is 18.9 Å². The molecule has 4 saturated heterocycles. The molecule has 4 fully saturated rings. The van der Waals surface area contributed by atoms with Crippen LogP contribution in [-0.4, -0.2) is 157 Å². The minimum absolute atomic E-state index is 0.115. The van der Waals surface area contributed by atoms with Crippen LogP contribution in [0.5, 0.6) is 0 Å². The number of para-hydroxylation sites is 4. The smallest absolute Gasteiger partial charge is 0.192 e. The molecule has 7 aromatic heterocycles. The highest BCUT2D eigenvalue weighted by atomic mass is 16.5. The number of aromatic amines is 3.